The van der Waals surface area contributed by atoms with Crippen LogP contribution in [0.15, 0.2) is 0 Å². The first-order chi connectivity index (χ1) is 7.37. The Kier molecular flexibility index (Phi) is 2.56. The second-order valence-corrected chi connectivity index (χ2v) is 5.38. The molecule has 0 aromatic heterocycles. The molecule has 2 atom stereocenters. The number of cyclic esters (lactones) is 1. The lowest BCUT2D eigenvalue weighted by molar-refractivity contribution is -0.141. The molecule has 5 heteroatoms. The molecular weight excluding hydrogens is 210 g/mol. The second-order valence-electron chi connectivity index (χ2n) is 5.38. The van der Waals surface area contributed by atoms with Crippen molar-refractivity contribution in [3.05, 3.63) is 0 Å². The Morgan fingerprint density at radius 1 is 1.44 bits per heavy atom. The molecule has 0 bridgehead atoms. The normalized spacial score (nSPS) is 28.9. The smallest absolute Gasteiger partial charge is 0.410 e. The number of hydrogen-bond donors (Lipinski definition) is 0. The summed E-state index contributed by atoms with van der Waals surface area (Å²) < 4.78 is 10.2. The van der Waals surface area contributed by atoms with Gasteiger partial charge < -0.3 is 14.4 Å². The molecule has 0 N–H and O–H groups in total. The fourth-order valence-electron chi connectivity index (χ4n) is 2.08. The number of carbonyl (C=O) groups excluding carboxylic acids is 2. The topological polar surface area (TPSA) is 55.8 Å². The Morgan fingerprint density at radius 2 is 2.12 bits per heavy atom. The van der Waals surface area contributed by atoms with Crippen LogP contribution in [0.1, 0.15) is 20.8 Å². The number of carbonyl (C=O) groups is 2. The number of rotatable bonds is 0. The maximum atomic E-state index is 11.8. The zero-order valence-corrected chi connectivity index (χ0v) is 9.86. The van der Waals surface area contributed by atoms with Crippen LogP contribution in [-0.2, 0) is 14.3 Å². The number of esters is 1. The molecule has 0 saturated carbocycles. The molecular formula is C11H17NO4. The minimum Gasteiger partial charge on any atom is -0.465 e. The third kappa shape index (κ3) is 2.13. The molecule has 0 aromatic carbocycles. The second kappa shape index (κ2) is 3.64. The minimum absolute atomic E-state index is 0.146. The van der Waals surface area contributed by atoms with Gasteiger partial charge in [0.15, 0.2) is 0 Å². The molecule has 2 fully saturated rings. The van der Waals surface area contributed by atoms with Gasteiger partial charge >= 0.3 is 12.1 Å². The first-order valence-electron chi connectivity index (χ1n) is 5.51. The standard InChI is InChI=1S/C11H17NO4/c1-11(2,3)16-10(14)12-4-7-6-15-9(13)8(7)5-12/h7-8H,4-6H2,1-3H3. The summed E-state index contributed by atoms with van der Waals surface area (Å²) in [6.07, 6.45) is -0.338. The van der Waals surface area contributed by atoms with Gasteiger partial charge in [0.1, 0.15) is 5.60 Å². The maximum Gasteiger partial charge on any atom is 0.410 e. The SMILES string of the molecule is CC(C)(C)OC(=O)N1CC2COC(=O)C2C1. The first kappa shape index (κ1) is 11.2. The largest absolute Gasteiger partial charge is 0.465 e. The van der Waals surface area contributed by atoms with Crippen LogP contribution in [0.5, 0.6) is 0 Å². The van der Waals surface area contributed by atoms with Crippen LogP contribution in [0.3, 0.4) is 0 Å². The summed E-state index contributed by atoms with van der Waals surface area (Å²) in [6.45, 7) is 6.91. The molecule has 5 nitrogen and oxygen atoms in total. The molecule has 0 aromatic rings. The van der Waals surface area contributed by atoms with E-state index in [2.05, 4.69) is 0 Å². The van der Waals surface area contributed by atoms with Crippen LogP contribution >= 0.6 is 0 Å². The van der Waals surface area contributed by atoms with Crippen molar-refractivity contribution in [2.75, 3.05) is 19.7 Å². The average molecular weight is 227 g/mol. The van der Waals surface area contributed by atoms with Crippen molar-refractivity contribution in [3.8, 4) is 0 Å². The Hall–Kier alpha value is -1.26. The van der Waals surface area contributed by atoms with E-state index >= 15 is 0 Å². The van der Waals surface area contributed by atoms with Crippen LogP contribution in [-0.4, -0.2) is 42.3 Å². The summed E-state index contributed by atoms with van der Waals surface area (Å²) in [7, 11) is 0. The summed E-state index contributed by atoms with van der Waals surface area (Å²) >= 11 is 0. The molecule has 0 aliphatic carbocycles. The van der Waals surface area contributed by atoms with Gasteiger partial charge in [0, 0.05) is 19.0 Å². The minimum atomic E-state index is -0.491. The Morgan fingerprint density at radius 3 is 2.69 bits per heavy atom. The molecule has 2 aliphatic rings. The van der Waals surface area contributed by atoms with Crippen molar-refractivity contribution in [1.29, 1.82) is 0 Å². The molecule has 2 saturated heterocycles. The molecule has 0 spiro atoms. The number of hydrogen-bond acceptors (Lipinski definition) is 4. The molecule has 90 valence electrons. The molecule has 2 unspecified atom stereocenters. The predicted molar refractivity (Wildman–Crippen MR) is 55.7 cm³/mol. The monoisotopic (exact) mass is 227 g/mol. The van der Waals surface area contributed by atoms with E-state index < -0.39 is 5.60 Å². The van der Waals surface area contributed by atoms with Crippen molar-refractivity contribution >= 4 is 12.1 Å². The van der Waals surface area contributed by atoms with Gasteiger partial charge in [0.05, 0.1) is 12.5 Å². The Labute approximate surface area is 94.7 Å². The molecule has 2 rings (SSSR count). The van der Waals surface area contributed by atoms with Crippen molar-refractivity contribution in [3.63, 3.8) is 0 Å². The van der Waals surface area contributed by atoms with E-state index in [1.807, 2.05) is 20.8 Å². The van der Waals surface area contributed by atoms with Gasteiger partial charge in [-0.15, -0.1) is 0 Å². The van der Waals surface area contributed by atoms with Crippen molar-refractivity contribution < 1.29 is 19.1 Å². The summed E-state index contributed by atoms with van der Waals surface area (Å²) in [5.41, 5.74) is -0.491. The summed E-state index contributed by atoms with van der Waals surface area (Å²) in [6, 6.07) is 0. The van der Waals surface area contributed by atoms with Crippen LogP contribution in [0, 0.1) is 11.8 Å². The molecule has 1 amide bonds. The lowest BCUT2D eigenvalue weighted by Gasteiger charge is -2.24. The number of nitrogens with zero attached hydrogens (tertiary/aromatic N) is 1. The zero-order chi connectivity index (χ0) is 11.9. The van der Waals surface area contributed by atoms with Crippen LogP contribution in [0.2, 0.25) is 0 Å². The van der Waals surface area contributed by atoms with E-state index in [4.69, 9.17) is 9.47 Å². The first-order valence-corrected chi connectivity index (χ1v) is 5.51. The molecule has 16 heavy (non-hydrogen) atoms. The highest BCUT2D eigenvalue weighted by atomic mass is 16.6. The van der Waals surface area contributed by atoms with Crippen LogP contribution in [0.4, 0.5) is 4.79 Å². The molecule has 2 heterocycles. The lowest BCUT2D eigenvalue weighted by atomic mass is 10.0. The van der Waals surface area contributed by atoms with Gasteiger partial charge in [-0.1, -0.05) is 0 Å². The van der Waals surface area contributed by atoms with E-state index in [-0.39, 0.29) is 23.9 Å². The van der Waals surface area contributed by atoms with Gasteiger partial charge in [0.2, 0.25) is 0 Å². The van der Waals surface area contributed by atoms with Gasteiger partial charge in [-0.2, -0.15) is 0 Å². The highest BCUT2D eigenvalue weighted by Crippen LogP contribution is 2.31. The molecule has 0 radical (unpaired) electrons. The number of amides is 1. The Balaban J connectivity index is 1.94. The van der Waals surface area contributed by atoms with Gasteiger partial charge in [0.25, 0.3) is 0 Å². The van der Waals surface area contributed by atoms with Crippen molar-refractivity contribution in [1.82, 2.24) is 4.90 Å². The third-order valence-electron chi connectivity index (χ3n) is 2.84. The highest BCUT2D eigenvalue weighted by Gasteiger charge is 2.46. The van der Waals surface area contributed by atoms with E-state index in [0.29, 0.717) is 19.7 Å². The van der Waals surface area contributed by atoms with Crippen molar-refractivity contribution in [2.45, 2.75) is 26.4 Å². The van der Waals surface area contributed by atoms with E-state index in [1.54, 1.807) is 4.90 Å². The summed E-state index contributed by atoms with van der Waals surface area (Å²) in [4.78, 5) is 24.7. The zero-order valence-electron chi connectivity index (χ0n) is 9.86. The number of fused-ring (bicyclic) bond motifs is 1. The average Bonchev–Trinajstić information content (AvgIpc) is 2.65. The van der Waals surface area contributed by atoms with Crippen LogP contribution in [0.25, 0.3) is 0 Å². The maximum absolute atomic E-state index is 11.8. The van der Waals surface area contributed by atoms with Gasteiger partial charge in [-0.05, 0) is 20.8 Å². The van der Waals surface area contributed by atoms with Gasteiger partial charge in [-0.25, -0.2) is 4.79 Å². The Bertz CT molecular complexity index is 320. The highest BCUT2D eigenvalue weighted by molar-refractivity contribution is 5.78. The van der Waals surface area contributed by atoms with Gasteiger partial charge in [-0.3, -0.25) is 4.79 Å². The van der Waals surface area contributed by atoms with Crippen LogP contribution < -0.4 is 0 Å². The van der Waals surface area contributed by atoms with E-state index in [1.165, 1.54) is 0 Å². The number of ether oxygens (including phenoxy) is 2. The van der Waals surface area contributed by atoms with E-state index in [0.717, 1.165) is 0 Å². The number of likely N-dealkylation sites (tertiary alicyclic amines) is 1. The van der Waals surface area contributed by atoms with E-state index in [9.17, 15) is 9.59 Å². The quantitative estimate of drug-likeness (QED) is 0.580. The summed E-state index contributed by atoms with van der Waals surface area (Å²) in [5, 5.41) is 0. The third-order valence-corrected chi connectivity index (χ3v) is 2.84. The van der Waals surface area contributed by atoms with Crippen molar-refractivity contribution in [2.24, 2.45) is 11.8 Å². The molecule has 2 aliphatic heterocycles. The predicted octanol–water partition coefficient (Wildman–Crippen LogP) is 1.03. The lowest BCUT2D eigenvalue weighted by Crippen LogP contribution is -2.36. The fraction of sp³-hybridized carbons (Fsp3) is 0.818. The summed E-state index contributed by atoms with van der Waals surface area (Å²) in [5.74, 6) is -0.177. The fourth-order valence-corrected chi connectivity index (χ4v) is 2.08.